The van der Waals surface area contributed by atoms with Gasteiger partial charge >= 0.3 is 0 Å². The summed E-state index contributed by atoms with van der Waals surface area (Å²) in [4.78, 5) is 35.0. The molecule has 0 atom stereocenters. The van der Waals surface area contributed by atoms with E-state index in [9.17, 15) is 14.4 Å². The molecule has 0 radical (unpaired) electrons. The van der Waals surface area contributed by atoms with Crippen LogP contribution in [-0.4, -0.2) is 45.9 Å². The molecule has 0 spiro atoms. The fourth-order valence-corrected chi connectivity index (χ4v) is 1.40. The highest BCUT2D eigenvalue weighted by Gasteiger charge is 2.27. The van der Waals surface area contributed by atoms with E-state index in [1.165, 1.54) is 6.07 Å². The summed E-state index contributed by atoms with van der Waals surface area (Å²) in [6, 6.07) is 1.35. The fourth-order valence-electron chi connectivity index (χ4n) is 1.40. The van der Waals surface area contributed by atoms with Crippen molar-refractivity contribution in [2.45, 2.75) is 0 Å². The van der Waals surface area contributed by atoms with Gasteiger partial charge in [0.2, 0.25) is 11.8 Å². The average Bonchev–Trinajstić information content (AvgIpc) is 2.62. The molecular weight excluding hydrogens is 214 g/mol. The van der Waals surface area contributed by atoms with Gasteiger partial charge in [0.1, 0.15) is 24.6 Å². The van der Waals surface area contributed by atoms with Crippen molar-refractivity contribution < 1.29 is 14.4 Å². The van der Waals surface area contributed by atoms with Crippen LogP contribution in [0, 0.1) is 0 Å². The number of nitrogens with zero attached hydrogens (tertiary/aromatic N) is 2. The summed E-state index contributed by atoms with van der Waals surface area (Å²) in [7, 11) is 0. The van der Waals surface area contributed by atoms with E-state index in [0.29, 0.717) is 0 Å². The number of nitrogens with one attached hydrogen (secondary N) is 2. The highest BCUT2D eigenvalue weighted by molar-refractivity contribution is 6.05. The molecule has 3 amide bonds. The summed E-state index contributed by atoms with van der Waals surface area (Å²) < 4.78 is 0. The van der Waals surface area contributed by atoms with Crippen LogP contribution in [-0.2, 0) is 9.59 Å². The Morgan fingerprint density at radius 3 is 2.50 bits per heavy atom. The lowest BCUT2D eigenvalue weighted by molar-refractivity contribution is -0.135. The van der Waals surface area contributed by atoms with Crippen molar-refractivity contribution in [2.24, 2.45) is 0 Å². The van der Waals surface area contributed by atoms with Gasteiger partial charge in [0.15, 0.2) is 0 Å². The van der Waals surface area contributed by atoms with Crippen molar-refractivity contribution in [2.75, 3.05) is 18.8 Å². The molecule has 1 fully saturated rings. The Hall–Kier alpha value is -2.38. The standard InChI is InChI=1S/C8H9N5O3/c9-5-1-4(11-12-5)8(16)13-2-6(14)10-7(15)3-13/h1H,2-3H2,(H3,9,11,12)(H,10,14,15). The Morgan fingerprint density at radius 2 is 2.00 bits per heavy atom. The monoisotopic (exact) mass is 223 g/mol. The number of piperazine rings is 1. The molecule has 1 saturated heterocycles. The lowest BCUT2D eigenvalue weighted by atomic mass is 10.3. The van der Waals surface area contributed by atoms with Crippen LogP contribution in [0.25, 0.3) is 0 Å². The number of hydrogen-bond acceptors (Lipinski definition) is 5. The number of imide groups is 1. The predicted octanol–water partition coefficient (Wildman–Crippen LogP) is -1.91. The van der Waals surface area contributed by atoms with Gasteiger partial charge < -0.3 is 10.6 Å². The molecule has 0 bridgehead atoms. The number of H-pyrrole nitrogens is 1. The van der Waals surface area contributed by atoms with E-state index in [2.05, 4.69) is 15.5 Å². The van der Waals surface area contributed by atoms with Crippen LogP contribution in [0.4, 0.5) is 5.82 Å². The highest BCUT2D eigenvalue weighted by atomic mass is 16.2. The van der Waals surface area contributed by atoms with Gasteiger partial charge in [-0.3, -0.25) is 24.8 Å². The van der Waals surface area contributed by atoms with Crippen molar-refractivity contribution in [3.8, 4) is 0 Å². The van der Waals surface area contributed by atoms with Crippen LogP contribution in [0.5, 0.6) is 0 Å². The van der Waals surface area contributed by atoms with E-state index in [-0.39, 0.29) is 24.6 Å². The second-order valence-electron chi connectivity index (χ2n) is 3.34. The number of amides is 3. The summed E-state index contributed by atoms with van der Waals surface area (Å²) in [6.07, 6.45) is 0. The number of nitrogens with two attached hydrogens (primary N) is 1. The minimum Gasteiger partial charge on any atom is -0.382 e. The molecule has 4 N–H and O–H groups in total. The van der Waals surface area contributed by atoms with Crippen LogP contribution >= 0.6 is 0 Å². The first-order valence-electron chi connectivity index (χ1n) is 4.49. The smallest absolute Gasteiger partial charge is 0.272 e. The third-order valence-electron chi connectivity index (χ3n) is 2.06. The summed E-state index contributed by atoms with van der Waals surface area (Å²) in [6.45, 7) is -0.299. The van der Waals surface area contributed by atoms with Gasteiger partial charge in [-0.1, -0.05) is 0 Å². The summed E-state index contributed by atoms with van der Waals surface area (Å²) in [5.41, 5.74) is 5.49. The van der Waals surface area contributed by atoms with Crippen LogP contribution in [0.2, 0.25) is 0 Å². The zero-order valence-corrected chi connectivity index (χ0v) is 8.19. The van der Waals surface area contributed by atoms with Crippen LogP contribution in [0.3, 0.4) is 0 Å². The van der Waals surface area contributed by atoms with Crippen molar-refractivity contribution in [1.29, 1.82) is 0 Å². The summed E-state index contributed by atoms with van der Waals surface area (Å²) in [5, 5.41) is 8.11. The maximum Gasteiger partial charge on any atom is 0.272 e. The molecule has 2 heterocycles. The maximum atomic E-state index is 11.8. The number of aromatic amines is 1. The lowest BCUT2D eigenvalue weighted by Crippen LogP contribution is -2.53. The zero-order chi connectivity index (χ0) is 11.7. The number of aromatic nitrogens is 2. The number of hydrogen-bond donors (Lipinski definition) is 3. The predicted molar refractivity (Wildman–Crippen MR) is 52.1 cm³/mol. The molecule has 84 valence electrons. The number of anilines is 1. The van der Waals surface area contributed by atoms with E-state index < -0.39 is 17.7 Å². The first-order chi connectivity index (χ1) is 7.56. The van der Waals surface area contributed by atoms with Gasteiger partial charge in [0.05, 0.1) is 0 Å². The van der Waals surface area contributed by atoms with E-state index in [1.54, 1.807) is 0 Å². The first kappa shape index (κ1) is 10.1. The highest BCUT2D eigenvalue weighted by Crippen LogP contribution is 2.06. The largest absolute Gasteiger partial charge is 0.382 e. The van der Waals surface area contributed by atoms with E-state index in [4.69, 9.17) is 5.73 Å². The average molecular weight is 223 g/mol. The zero-order valence-electron chi connectivity index (χ0n) is 8.19. The quantitative estimate of drug-likeness (QED) is 0.480. The minimum absolute atomic E-state index is 0.149. The molecule has 16 heavy (non-hydrogen) atoms. The molecule has 0 aliphatic carbocycles. The maximum absolute atomic E-state index is 11.8. The molecule has 0 aromatic carbocycles. The molecule has 1 aromatic heterocycles. The summed E-state index contributed by atoms with van der Waals surface area (Å²) in [5.74, 6) is -1.31. The Kier molecular flexibility index (Phi) is 2.31. The van der Waals surface area contributed by atoms with Crippen LogP contribution in [0.15, 0.2) is 6.07 Å². The van der Waals surface area contributed by atoms with E-state index in [1.807, 2.05) is 0 Å². The minimum atomic E-state index is -0.503. The number of carbonyl (C=O) groups excluding carboxylic acids is 3. The number of nitrogen functional groups attached to an aromatic ring is 1. The normalized spacial score (nSPS) is 16.1. The Morgan fingerprint density at radius 1 is 1.38 bits per heavy atom. The molecule has 8 heteroatoms. The van der Waals surface area contributed by atoms with Crippen molar-refractivity contribution >= 4 is 23.5 Å². The van der Waals surface area contributed by atoms with Crippen molar-refractivity contribution in [1.82, 2.24) is 20.4 Å². The van der Waals surface area contributed by atoms with E-state index in [0.717, 1.165) is 4.90 Å². The van der Waals surface area contributed by atoms with Gasteiger partial charge in [-0.15, -0.1) is 0 Å². The second-order valence-corrected chi connectivity index (χ2v) is 3.34. The molecule has 1 aliphatic heterocycles. The molecular formula is C8H9N5O3. The summed E-state index contributed by atoms with van der Waals surface area (Å²) >= 11 is 0. The third-order valence-corrected chi connectivity index (χ3v) is 2.06. The van der Waals surface area contributed by atoms with Gasteiger partial charge in [-0.05, 0) is 0 Å². The molecule has 0 saturated carbocycles. The first-order valence-corrected chi connectivity index (χ1v) is 4.49. The van der Waals surface area contributed by atoms with Gasteiger partial charge in [0.25, 0.3) is 5.91 Å². The Balaban J connectivity index is 2.15. The second kappa shape index (κ2) is 3.65. The lowest BCUT2D eigenvalue weighted by Gasteiger charge is -2.24. The van der Waals surface area contributed by atoms with Crippen LogP contribution in [0.1, 0.15) is 10.5 Å². The Labute approximate surface area is 89.8 Å². The van der Waals surface area contributed by atoms with Crippen molar-refractivity contribution in [3.05, 3.63) is 11.8 Å². The fraction of sp³-hybridized carbons (Fsp3) is 0.250. The molecule has 8 nitrogen and oxygen atoms in total. The third kappa shape index (κ3) is 1.85. The number of rotatable bonds is 1. The van der Waals surface area contributed by atoms with Gasteiger partial charge in [-0.25, -0.2) is 0 Å². The number of carbonyl (C=O) groups is 3. The Bertz CT molecular complexity index is 450. The molecule has 2 rings (SSSR count). The van der Waals surface area contributed by atoms with E-state index >= 15 is 0 Å². The van der Waals surface area contributed by atoms with Gasteiger partial charge in [0, 0.05) is 6.07 Å². The molecule has 0 unspecified atom stereocenters. The van der Waals surface area contributed by atoms with Crippen molar-refractivity contribution in [3.63, 3.8) is 0 Å². The topological polar surface area (TPSA) is 121 Å². The SMILES string of the molecule is Nc1cc(C(=O)N2CC(=O)NC(=O)C2)[nH]n1. The van der Waals surface area contributed by atoms with Gasteiger partial charge in [-0.2, -0.15) is 5.10 Å². The van der Waals surface area contributed by atoms with Crippen LogP contribution < -0.4 is 11.1 Å². The molecule has 1 aromatic rings. The molecule has 1 aliphatic rings.